The summed E-state index contributed by atoms with van der Waals surface area (Å²) in [5.74, 6) is -2.92. The molecular formula is C40H56N6O10S. The fourth-order valence-corrected chi connectivity index (χ4v) is 9.66. The van der Waals surface area contributed by atoms with Crippen LogP contribution in [-0.2, 0) is 35.7 Å². The first kappa shape index (κ1) is 42.1. The van der Waals surface area contributed by atoms with E-state index in [1.54, 1.807) is 52.0 Å². The molecule has 0 spiro atoms. The maximum Gasteiger partial charge on any atom is 0.408 e. The van der Waals surface area contributed by atoms with Crippen molar-refractivity contribution in [3.05, 3.63) is 46.8 Å². The summed E-state index contributed by atoms with van der Waals surface area (Å²) < 4.78 is 40.6. The largest absolute Gasteiger partial charge is 0.471 e. The third-order valence-corrected chi connectivity index (χ3v) is 14.2. The molecular weight excluding hydrogens is 757 g/mol. The highest BCUT2D eigenvalue weighted by atomic mass is 32.2. The van der Waals surface area contributed by atoms with Crippen LogP contribution < -0.4 is 20.3 Å². The van der Waals surface area contributed by atoms with Gasteiger partial charge in [-0.1, -0.05) is 38.1 Å². The number of nitrogens with one attached hydrogen (secondary N) is 2. The van der Waals surface area contributed by atoms with E-state index < -0.39 is 79.7 Å². The molecule has 1 aromatic carbocycles. The Morgan fingerprint density at radius 2 is 1.79 bits per heavy atom. The smallest absolute Gasteiger partial charge is 0.408 e. The van der Waals surface area contributed by atoms with Crippen molar-refractivity contribution in [2.45, 2.75) is 127 Å². The lowest BCUT2D eigenvalue weighted by Gasteiger charge is -2.43. The van der Waals surface area contributed by atoms with Crippen molar-refractivity contribution in [2.75, 3.05) is 20.3 Å². The highest BCUT2D eigenvalue weighted by Crippen LogP contribution is 2.48. The Bertz CT molecular complexity index is 2110. The van der Waals surface area contributed by atoms with Crippen LogP contribution in [0.1, 0.15) is 86.5 Å². The third-order valence-electron chi connectivity index (χ3n) is 12.0. The average molecular weight is 813 g/mol. The summed E-state index contributed by atoms with van der Waals surface area (Å²) in [5, 5.41) is 18.8. The van der Waals surface area contributed by atoms with Gasteiger partial charge in [-0.05, 0) is 90.2 Å². The van der Waals surface area contributed by atoms with E-state index in [1.165, 1.54) is 16.7 Å². The molecule has 6 rings (SSSR count). The van der Waals surface area contributed by atoms with Gasteiger partial charge in [0.1, 0.15) is 23.7 Å². The van der Waals surface area contributed by atoms with Gasteiger partial charge in [-0.15, -0.1) is 5.10 Å². The Morgan fingerprint density at radius 3 is 2.42 bits per heavy atom. The number of amides is 4. The molecule has 3 heterocycles. The number of methoxy groups -OCH3 is 1. The normalized spacial score (nSPS) is 29.6. The summed E-state index contributed by atoms with van der Waals surface area (Å²) >= 11 is 0. The second kappa shape index (κ2) is 15.7. The number of carboxylic acid groups (broad SMARTS) is 1. The Balaban J connectivity index is 1.41. The minimum Gasteiger partial charge on any atom is -0.471 e. The predicted molar refractivity (Wildman–Crippen MR) is 211 cm³/mol. The van der Waals surface area contributed by atoms with Gasteiger partial charge in [-0.2, -0.15) is 0 Å². The van der Waals surface area contributed by atoms with E-state index in [9.17, 15) is 32.7 Å². The zero-order chi connectivity index (χ0) is 41.7. The van der Waals surface area contributed by atoms with Crippen LogP contribution in [0.5, 0.6) is 5.88 Å². The van der Waals surface area contributed by atoms with Crippen molar-refractivity contribution < 1.29 is 42.2 Å². The number of fused-ring (bicyclic) bond motifs is 3. The number of hydrogen-bond donors (Lipinski definition) is 3. The molecule has 2 saturated carbocycles. The van der Waals surface area contributed by atoms with Gasteiger partial charge in [0.15, 0.2) is 0 Å². The molecule has 2 aliphatic heterocycles. The van der Waals surface area contributed by atoms with Crippen molar-refractivity contribution >= 4 is 44.6 Å². The molecule has 3 N–H and O–H groups in total. The van der Waals surface area contributed by atoms with Gasteiger partial charge in [-0.25, -0.2) is 17.9 Å². The van der Waals surface area contributed by atoms with E-state index in [4.69, 9.17) is 9.47 Å². The van der Waals surface area contributed by atoms with E-state index in [-0.39, 0.29) is 49.9 Å². The van der Waals surface area contributed by atoms with Crippen LogP contribution in [-0.4, -0.2) is 111 Å². The van der Waals surface area contributed by atoms with Crippen LogP contribution >= 0.6 is 0 Å². The molecule has 0 bridgehead atoms. The number of rotatable bonds is 9. The minimum absolute atomic E-state index is 0.0700. The van der Waals surface area contributed by atoms with E-state index >= 15 is 4.79 Å². The molecule has 17 heteroatoms. The second-order valence-corrected chi connectivity index (χ2v) is 19.8. The predicted octanol–water partition coefficient (Wildman–Crippen LogP) is 3.42. The molecule has 0 radical (unpaired) electrons. The standard InChI is InChI=1S/C40H56N6O10S/c1-24-12-8-9-13-26-22-40(26,36(50)43-57(53,54)39(6)16-17-39)41-32(47)30-21-27(23-44(30)35(49)31(25(2)20-24)46(37(51)52)38(3,4)5)56-33-28-14-10-11-15-29(28)34(48)45(42-33)18-19-55-7/h9-11,13-15,24-27,30-31H,8,12,16-23H2,1-7H3,(H,41,47)(H,43,50)(H,51,52)/b13-9-/t24-,25+,26+,27+,30-,31-,40+/m0/s1. The molecule has 16 nitrogen and oxygen atoms in total. The van der Waals surface area contributed by atoms with Gasteiger partial charge in [0, 0.05) is 25.0 Å². The van der Waals surface area contributed by atoms with Gasteiger partial charge in [0.05, 0.1) is 35.2 Å². The Kier molecular flexibility index (Phi) is 11.6. The molecule has 312 valence electrons. The van der Waals surface area contributed by atoms with Gasteiger partial charge in [0.25, 0.3) is 11.5 Å². The van der Waals surface area contributed by atoms with Crippen molar-refractivity contribution in [3.8, 4) is 5.88 Å². The lowest BCUT2D eigenvalue weighted by molar-refractivity contribution is -0.146. The zero-order valence-electron chi connectivity index (χ0n) is 33.8. The van der Waals surface area contributed by atoms with Crippen LogP contribution in [0.3, 0.4) is 0 Å². The zero-order valence-corrected chi connectivity index (χ0v) is 34.6. The second-order valence-electron chi connectivity index (χ2n) is 17.6. The first-order valence-corrected chi connectivity index (χ1v) is 21.2. The van der Waals surface area contributed by atoms with Crippen molar-refractivity contribution in [2.24, 2.45) is 17.8 Å². The number of carbonyl (C=O) groups is 4. The number of nitrogens with zero attached hydrogens (tertiary/aromatic N) is 4. The Labute approximate surface area is 333 Å². The summed E-state index contributed by atoms with van der Waals surface area (Å²) in [4.78, 5) is 72.5. The first-order chi connectivity index (χ1) is 26.7. The highest BCUT2D eigenvalue weighted by Gasteiger charge is 2.63. The lowest BCUT2D eigenvalue weighted by Crippen LogP contribution is -2.62. The Hall–Kier alpha value is -4.51. The van der Waals surface area contributed by atoms with Crippen LogP contribution in [0.2, 0.25) is 0 Å². The number of allylic oxidation sites excluding steroid dienone is 1. The number of ether oxygens (including phenoxy) is 2. The van der Waals surface area contributed by atoms with E-state index in [2.05, 4.69) is 15.1 Å². The molecule has 1 saturated heterocycles. The topological polar surface area (TPSA) is 207 Å². The molecule has 57 heavy (non-hydrogen) atoms. The maximum absolute atomic E-state index is 15.1. The summed E-state index contributed by atoms with van der Waals surface area (Å²) in [6.07, 6.45) is 4.38. The number of sulfonamides is 1. The van der Waals surface area contributed by atoms with Crippen molar-refractivity contribution in [1.82, 2.24) is 29.6 Å². The number of hydrogen-bond acceptors (Lipinski definition) is 10. The summed E-state index contributed by atoms with van der Waals surface area (Å²) in [7, 11) is -2.54. The summed E-state index contributed by atoms with van der Waals surface area (Å²) in [5.41, 5.74) is -2.94. The maximum atomic E-state index is 15.1. The van der Waals surface area contributed by atoms with Crippen molar-refractivity contribution in [3.63, 3.8) is 0 Å². The monoisotopic (exact) mass is 812 g/mol. The van der Waals surface area contributed by atoms with Crippen LogP contribution in [0.4, 0.5) is 4.79 Å². The molecule has 4 aliphatic rings. The number of carbonyl (C=O) groups excluding carboxylic acids is 3. The average Bonchev–Trinajstić information content (AvgIpc) is 4.01. The summed E-state index contributed by atoms with van der Waals surface area (Å²) in [6.45, 7) is 10.8. The van der Waals surface area contributed by atoms with E-state index in [0.29, 0.717) is 42.9 Å². The molecule has 2 aromatic rings. The van der Waals surface area contributed by atoms with Gasteiger partial charge >= 0.3 is 6.09 Å². The first-order valence-electron chi connectivity index (χ1n) is 19.8. The molecule has 7 atom stereocenters. The van der Waals surface area contributed by atoms with Crippen LogP contribution in [0.15, 0.2) is 41.2 Å². The van der Waals surface area contributed by atoms with Crippen LogP contribution in [0.25, 0.3) is 10.8 Å². The van der Waals surface area contributed by atoms with E-state index in [1.807, 2.05) is 26.0 Å². The SMILES string of the molecule is COCCn1nc(O[C@@H]2C[C@H]3C(=O)N[C@]4(C(=O)NS(=O)(=O)C5(C)CC5)C[C@H]4/C=C\CC[C@H](C)C[C@@H](C)[C@H](N(C(=O)O)C(C)(C)C)C(=O)N3C2)c2ccccc2c1=O. The lowest BCUT2D eigenvalue weighted by atomic mass is 9.85. The van der Waals surface area contributed by atoms with Crippen molar-refractivity contribution in [1.29, 1.82) is 0 Å². The minimum atomic E-state index is -4.04. The number of benzene rings is 1. The Morgan fingerprint density at radius 1 is 1.11 bits per heavy atom. The molecule has 0 unspecified atom stereocenters. The fourth-order valence-electron chi connectivity index (χ4n) is 8.34. The molecule has 3 fully saturated rings. The van der Waals surface area contributed by atoms with Crippen LogP contribution in [0, 0.1) is 17.8 Å². The van der Waals surface area contributed by atoms with Gasteiger partial charge < -0.3 is 24.8 Å². The van der Waals surface area contributed by atoms with E-state index in [0.717, 1.165) is 4.90 Å². The third kappa shape index (κ3) is 8.41. The van der Waals surface area contributed by atoms with Gasteiger partial charge in [0.2, 0.25) is 27.7 Å². The fraction of sp³-hybridized carbons (Fsp3) is 0.650. The highest BCUT2D eigenvalue weighted by molar-refractivity contribution is 7.91. The molecule has 4 amide bonds. The summed E-state index contributed by atoms with van der Waals surface area (Å²) in [6, 6.07) is 4.37. The number of aromatic nitrogens is 2. The molecule has 2 aliphatic carbocycles. The van der Waals surface area contributed by atoms with Gasteiger partial charge in [-0.3, -0.25) is 28.8 Å². The quantitative estimate of drug-likeness (QED) is 0.313. The molecule has 1 aromatic heterocycles.